The van der Waals surface area contributed by atoms with Gasteiger partial charge in [0.05, 0.1) is 11.4 Å². The van der Waals surface area contributed by atoms with Gasteiger partial charge in [-0.2, -0.15) is 0 Å². The molecule has 0 aliphatic heterocycles. The molecule has 0 atom stereocenters. The molecule has 0 radical (unpaired) electrons. The summed E-state index contributed by atoms with van der Waals surface area (Å²) in [7, 11) is -3.27. The first kappa shape index (κ1) is 16.3. The van der Waals surface area contributed by atoms with Crippen molar-refractivity contribution >= 4 is 20.6 Å². The first-order chi connectivity index (χ1) is 12.4. The molecule has 0 unspecified atom stereocenters. The fraction of sp³-hybridized carbons (Fsp3) is 0.118. The Balaban J connectivity index is 1.91. The van der Waals surface area contributed by atoms with Crippen molar-refractivity contribution in [2.45, 2.75) is 5.75 Å². The molecule has 0 spiro atoms. The SMILES string of the molecule is CS(=O)(=O)Cc1nc(-c2ccc[nH]2)n(-c2ccc3c(=O)[nH]ccc3c2)n1. The van der Waals surface area contributed by atoms with Crippen LogP contribution in [0.3, 0.4) is 0 Å². The number of hydrogen-bond acceptors (Lipinski definition) is 5. The van der Waals surface area contributed by atoms with Gasteiger partial charge in [0.2, 0.25) is 0 Å². The third-order valence-electron chi connectivity index (χ3n) is 3.88. The lowest BCUT2D eigenvalue weighted by atomic mass is 10.1. The largest absolute Gasteiger partial charge is 0.359 e. The third kappa shape index (κ3) is 3.04. The average molecular weight is 369 g/mol. The molecule has 2 N–H and O–H groups in total. The summed E-state index contributed by atoms with van der Waals surface area (Å²) >= 11 is 0. The zero-order valence-corrected chi connectivity index (χ0v) is 14.6. The summed E-state index contributed by atoms with van der Waals surface area (Å²) in [6, 6.07) is 10.7. The van der Waals surface area contributed by atoms with Crippen LogP contribution in [0.2, 0.25) is 0 Å². The van der Waals surface area contributed by atoms with Crippen molar-refractivity contribution in [3.63, 3.8) is 0 Å². The average Bonchev–Trinajstić information content (AvgIpc) is 3.22. The number of nitrogens with zero attached hydrogens (tertiary/aromatic N) is 3. The highest BCUT2D eigenvalue weighted by Crippen LogP contribution is 2.22. The normalized spacial score (nSPS) is 11.9. The second-order valence-corrected chi connectivity index (χ2v) is 8.14. The van der Waals surface area contributed by atoms with Crippen molar-refractivity contribution in [3.05, 3.63) is 65.0 Å². The van der Waals surface area contributed by atoms with E-state index in [2.05, 4.69) is 20.1 Å². The quantitative estimate of drug-likeness (QED) is 0.568. The summed E-state index contributed by atoms with van der Waals surface area (Å²) < 4.78 is 24.8. The number of sulfone groups is 1. The Hall–Kier alpha value is -3.20. The van der Waals surface area contributed by atoms with Gasteiger partial charge in [-0.05, 0) is 41.8 Å². The molecule has 0 aliphatic carbocycles. The minimum atomic E-state index is -3.27. The van der Waals surface area contributed by atoms with E-state index in [9.17, 15) is 13.2 Å². The Morgan fingerprint density at radius 2 is 1.96 bits per heavy atom. The van der Waals surface area contributed by atoms with E-state index in [0.29, 0.717) is 22.6 Å². The number of rotatable bonds is 4. The Kier molecular flexibility index (Phi) is 3.73. The van der Waals surface area contributed by atoms with Crippen LogP contribution in [0.15, 0.2) is 53.6 Å². The van der Waals surface area contributed by atoms with E-state index < -0.39 is 9.84 Å². The Morgan fingerprint density at radius 3 is 2.69 bits per heavy atom. The van der Waals surface area contributed by atoms with Gasteiger partial charge in [-0.1, -0.05) is 0 Å². The van der Waals surface area contributed by atoms with Crippen LogP contribution in [-0.4, -0.2) is 39.4 Å². The molecule has 0 saturated carbocycles. The Bertz CT molecular complexity index is 1250. The molecule has 8 nitrogen and oxygen atoms in total. The van der Waals surface area contributed by atoms with E-state index in [1.807, 2.05) is 18.2 Å². The minimum absolute atomic E-state index is 0.171. The number of hydrogen-bond donors (Lipinski definition) is 2. The van der Waals surface area contributed by atoms with E-state index in [-0.39, 0.29) is 17.1 Å². The lowest BCUT2D eigenvalue weighted by molar-refractivity contribution is 0.599. The number of fused-ring (bicyclic) bond motifs is 1. The summed E-state index contributed by atoms with van der Waals surface area (Å²) in [4.78, 5) is 22.0. The van der Waals surface area contributed by atoms with Crippen LogP contribution < -0.4 is 5.56 Å². The number of aromatic amines is 2. The van der Waals surface area contributed by atoms with Crippen LogP contribution in [0.4, 0.5) is 0 Å². The number of H-pyrrole nitrogens is 2. The lowest BCUT2D eigenvalue weighted by Crippen LogP contribution is -2.06. The molecular weight excluding hydrogens is 354 g/mol. The maximum absolute atomic E-state index is 11.9. The maximum atomic E-state index is 11.9. The van der Waals surface area contributed by atoms with Crippen molar-refractivity contribution in [1.82, 2.24) is 24.7 Å². The first-order valence-electron chi connectivity index (χ1n) is 7.80. The summed E-state index contributed by atoms with van der Waals surface area (Å²) in [6.07, 6.45) is 4.48. The molecule has 4 aromatic rings. The molecule has 132 valence electrons. The molecule has 3 heterocycles. The predicted molar refractivity (Wildman–Crippen MR) is 97.8 cm³/mol. The third-order valence-corrected chi connectivity index (χ3v) is 4.67. The topological polar surface area (TPSA) is 113 Å². The van der Waals surface area contributed by atoms with Gasteiger partial charge in [-0.25, -0.2) is 18.1 Å². The minimum Gasteiger partial charge on any atom is -0.359 e. The second kappa shape index (κ2) is 5.95. The van der Waals surface area contributed by atoms with Crippen LogP contribution in [0.1, 0.15) is 5.82 Å². The van der Waals surface area contributed by atoms with Crippen LogP contribution in [0.25, 0.3) is 28.0 Å². The van der Waals surface area contributed by atoms with Crippen molar-refractivity contribution < 1.29 is 8.42 Å². The zero-order valence-electron chi connectivity index (χ0n) is 13.8. The van der Waals surface area contributed by atoms with Gasteiger partial charge >= 0.3 is 0 Å². The van der Waals surface area contributed by atoms with E-state index >= 15 is 0 Å². The van der Waals surface area contributed by atoms with Gasteiger partial charge in [0.25, 0.3) is 5.56 Å². The number of aromatic nitrogens is 5. The molecule has 0 fully saturated rings. The van der Waals surface area contributed by atoms with Crippen molar-refractivity contribution in [2.24, 2.45) is 0 Å². The molecule has 26 heavy (non-hydrogen) atoms. The van der Waals surface area contributed by atoms with Gasteiger partial charge < -0.3 is 9.97 Å². The lowest BCUT2D eigenvalue weighted by Gasteiger charge is -2.06. The van der Waals surface area contributed by atoms with Crippen LogP contribution in [-0.2, 0) is 15.6 Å². The molecule has 4 rings (SSSR count). The van der Waals surface area contributed by atoms with E-state index in [1.165, 1.54) is 0 Å². The highest BCUT2D eigenvalue weighted by Gasteiger charge is 2.17. The molecular formula is C17H15N5O3S. The Labute approximate surface area is 148 Å². The summed E-state index contributed by atoms with van der Waals surface area (Å²) in [5, 5.41) is 5.69. The van der Waals surface area contributed by atoms with Gasteiger partial charge in [-0.3, -0.25) is 4.79 Å². The Morgan fingerprint density at radius 1 is 1.12 bits per heavy atom. The highest BCUT2D eigenvalue weighted by atomic mass is 32.2. The second-order valence-electron chi connectivity index (χ2n) is 6.00. The van der Waals surface area contributed by atoms with Crippen molar-refractivity contribution in [1.29, 1.82) is 0 Å². The molecule has 1 aromatic carbocycles. The summed E-state index contributed by atoms with van der Waals surface area (Å²) in [6.45, 7) is 0. The first-order valence-corrected chi connectivity index (χ1v) is 9.86. The molecule has 0 saturated heterocycles. The molecule has 0 aliphatic rings. The molecule has 9 heteroatoms. The maximum Gasteiger partial charge on any atom is 0.255 e. The summed E-state index contributed by atoms with van der Waals surface area (Å²) in [5.41, 5.74) is 1.22. The molecule has 3 aromatic heterocycles. The smallest absolute Gasteiger partial charge is 0.255 e. The standard InChI is InChI=1S/C17H15N5O3S/c1-26(24,25)10-15-20-16(14-3-2-7-18-14)22(21-15)12-4-5-13-11(9-12)6-8-19-17(13)23/h2-9,18H,10H2,1H3,(H,19,23). The van der Waals surface area contributed by atoms with Gasteiger partial charge in [0.15, 0.2) is 21.5 Å². The van der Waals surface area contributed by atoms with Gasteiger partial charge in [0.1, 0.15) is 5.75 Å². The predicted octanol–water partition coefficient (Wildman–Crippen LogP) is 1.65. The van der Waals surface area contributed by atoms with Crippen molar-refractivity contribution in [2.75, 3.05) is 6.26 Å². The summed E-state index contributed by atoms with van der Waals surface area (Å²) in [5.74, 6) is 0.460. The number of pyridine rings is 1. The van der Waals surface area contributed by atoms with Crippen molar-refractivity contribution in [3.8, 4) is 17.2 Å². The number of nitrogens with one attached hydrogen (secondary N) is 2. The molecule has 0 bridgehead atoms. The van der Waals surface area contributed by atoms with Crippen LogP contribution >= 0.6 is 0 Å². The fourth-order valence-corrected chi connectivity index (χ4v) is 3.38. The fourth-order valence-electron chi connectivity index (χ4n) is 2.79. The monoisotopic (exact) mass is 369 g/mol. The van der Waals surface area contributed by atoms with Gasteiger partial charge in [-0.15, -0.1) is 5.10 Å². The zero-order chi connectivity index (χ0) is 18.3. The van der Waals surface area contributed by atoms with Crippen LogP contribution in [0, 0.1) is 0 Å². The highest BCUT2D eigenvalue weighted by molar-refractivity contribution is 7.89. The number of benzene rings is 1. The van der Waals surface area contributed by atoms with E-state index in [1.54, 1.807) is 35.3 Å². The van der Waals surface area contributed by atoms with E-state index in [0.717, 1.165) is 11.6 Å². The van der Waals surface area contributed by atoms with Gasteiger partial charge in [0, 0.05) is 24.0 Å². The van der Waals surface area contributed by atoms with E-state index in [4.69, 9.17) is 0 Å². The molecule has 0 amide bonds. The van der Waals surface area contributed by atoms with Crippen LogP contribution in [0.5, 0.6) is 0 Å².